The standard InChI is InChI=1S/C16H20ClN3/c1-4-14-18-15(17)12(2)16(19-14)20(3)11-10-13-8-6-5-7-9-13/h5-9H,4,10-11H2,1-3H3. The van der Waals surface area contributed by atoms with Gasteiger partial charge in [-0.15, -0.1) is 0 Å². The van der Waals surface area contributed by atoms with Crippen LogP contribution in [0.3, 0.4) is 0 Å². The van der Waals surface area contributed by atoms with Gasteiger partial charge in [-0.3, -0.25) is 0 Å². The van der Waals surface area contributed by atoms with Crippen molar-refractivity contribution >= 4 is 17.4 Å². The van der Waals surface area contributed by atoms with Gasteiger partial charge in [-0.25, -0.2) is 9.97 Å². The molecule has 0 bridgehead atoms. The first-order chi connectivity index (χ1) is 9.61. The first kappa shape index (κ1) is 14.8. The normalized spacial score (nSPS) is 10.6. The number of rotatable bonds is 5. The minimum atomic E-state index is 0.554. The zero-order chi connectivity index (χ0) is 14.5. The van der Waals surface area contributed by atoms with Gasteiger partial charge in [0, 0.05) is 25.6 Å². The topological polar surface area (TPSA) is 29.0 Å². The molecule has 0 aliphatic carbocycles. The molecule has 1 aromatic heterocycles. The SMILES string of the molecule is CCc1nc(Cl)c(C)c(N(C)CCc2ccccc2)n1. The van der Waals surface area contributed by atoms with Crippen molar-refractivity contribution in [2.75, 3.05) is 18.5 Å². The van der Waals surface area contributed by atoms with Crippen molar-refractivity contribution in [3.05, 3.63) is 52.4 Å². The largest absolute Gasteiger partial charge is 0.359 e. The number of aromatic nitrogens is 2. The average Bonchev–Trinajstić information content (AvgIpc) is 2.48. The number of halogens is 1. The van der Waals surface area contributed by atoms with Gasteiger partial charge >= 0.3 is 0 Å². The lowest BCUT2D eigenvalue weighted by molar-refractivity contribution is 0.829. The van der Waals surface area contributed by atoms with E-state index >= 15 is 0 Å². The van der Waals surface area contributed by atoms with Gasteiger partial charge in [0.25, 0.3) is 0 Å². The third-order valence-electron chi connectivity index (χ3n) is 3.36. The second kappa shape index (κ2) is 6.71. The second-order valence-corrected chi connectivity index (χ2v) is 5.25. The Hall–Kier alpha value is -1.61. The molecule has 3 nitrogen and oxygen atoms in total. The number of anilines is 1. The molecule has 0 unspecified atom stereocenters. The van der Waals surface area contributed by atoms with Crippen LogP contribution in [0.5, 0.6) is 0 Å². The Morgan fingerprint density at radius 2 is 1.85 bits per heavy atom. The lowest BCUT2D eigenvalue weighted by Crippen LogP contribution is -2.23. The van der Waals surface area contributed by atoms with E-state index in [9.17, 15) is 0 Å². The Bertz CT molecular complexity index is 569. The number of likely N-dealkylation sites (N-methyl/N-ethyl adjacent to an activating group) is 1. The maximum atomic E-state index is 6.18. The first-order valence-electron chi connectivity index (χ1n) is 6.90. The van der Waals surface area contributed by atoms with Crippen LogP contribution in [0.2, 0.25) is 5.15 Å². The highest BCUT2D eigenvalue weighted by Crippen LogP contribution is 2.23. The van der Waals surface area contributed by atoms with Gasteiger partial charge in [0.05, 0.1) is 0 Å². The van der Waals surface area contributed by atoms with Crippen LogP contribution < -0.4 is 4.90 Å². The van der Waals surface area contributed by atoms with Gasteiger partial charge in [0.2, 0.25) is 0 Å². The highest BCUT2D eigenvalue weighted by atomic mass is 35.5. The predicted molar refractivity (Wildman–Crippen MR) is 84.6 cm³/mol. The summed E-state index contributed by atoms with van der Waals surface area (Å²) in [4.78, 5) is 11.0. The van der Waals surface area contributed by atoms with E-state index < -0.39 is 0 Å². The summed E-state index contributed by atoms with van der Waals surface area (Å²) in [5.74, 6) is 1.72. The summed E-state index contributed by atoms with van der Waals surface area (Å²) in [6.07, 6.45) is 1.78. The predicted octanol–water partition coefficient (Wildman–Crippen LogP) is 3.68. The Labute approximate surface area is 125 Å². The molecule has 0 amide bonds. The molecule has 20 heavy (non-hydrogen) atoms. The highest BCUT2D eigenvalue weighted by Gasteiger charge is 2.12. The van der Waals surface area contributed by atoms with Gasteiger partial charge in [-0.05, 0) is 18.9 Å². The van der Waals surface area contributed by atoms with Gasteiger partial charge in [-0.2, -0.15) is 0 Å². The van der Waals surface area contributed by atoms with E-state index in [2.05, 4.69) is 39.1 Å². The molecule has 0 N–H and O–H groups in total. The molecule has 1 heterocycles. The third-order valence-corrected chi connectivity index (χ3v) is 3.73. The lowest BCUT2D eigenvalue weighted by Gasteiger charge is -2.21. The van der Waals surface area contributed by atoms with Crippen molar-refractivity contribution in [1.82, 2.24) is 9.97 Å². The van der Waals surface area contributed by atoms with E-state index in [1.54, 1.807) is 0 Å². The van der Waals surface area contributed by atoms with E-state index in [1.165, 1.54) is 5.56 Å². The monoisotopic (exact) mass is 289 g/mol. The molecule has 0 aliphatic heterocycles. The van der Waals surface area contributed by atoms with E-state index in [0.29, 0.717) is 5.15 Å². The fraction of sp³-hybridized carbons (Fsp3) is 0.375. The smallest absolute Gasteiger partial charge is 0.137 e. The molecule has 0 aliphatic rings. The molecule has 0 saturated carbocycles. The summed E-state index contributed by atoms with van der Waals surface area (Å²) in [5, 5.41) is 0.554. The van der Waals surface area contributed by atoms with Crippen LogP contribution in [0.25, 0.3) is 0 Å². The number of hydrogen-bond acceptors (Lipinski definition) is 3. The molecule has 0 radical (unpaired) electrons. The van der Waals surface area contributed by atoms with Crippen molar-refractivity contribution < 1.29 is 0 Å². The Kier molecular flexibility index (Phi) is 4.96. The quantitative estimate of drug-likeness (QED) is 0.786. The van der Waals surface area contributed by atoms with Gasteiger partial charge in [-0.1, -0.05) is 48.9 Å². The molecule has 4 heteroatoms. The van der Waals surface area contributed by atoms with Gasteiger partial charge in [0.15, 0.2) is 0 Å². The summed E-state index contributed by atoms with van der Waals surface area (Å²) < 4.78 is 0. The Morgan fingerprint density at radius 1 is 1.15 bits per heavy atom. The van der Waals surface area contributed by atoms with E-state index in [1.807, 2.05) is 27.0 Å². The minimum absolute atomic E-state index is 0.554. The molecule has 0 atom stereocenters. The van der Waals surface area contributed by atoms with Crippen LogP contribution in [0.4, 0.5) is 5.82 Å². The van der Waals surface area contributed by atoms with Crippen molar-refractivity contribution in [2.24, 2.45) is 0 Å². The maximum Gasteiger partial charge on any atom is 0.137 e. The van der Waals surface area contributed by atoms with Crippen molar-refractivity contribution in [1.29, 1.82) is 0 Å². The third kappa shape index (κ3) is 3.48. The molecular formula is C16H20ClN3. The van der Waals surface area contributed by atoms with Crippen LogP contribution in [-0.4, -0.2) is 23.6 Å². The molecule has 106 valence electrons. The number of benzene rings is 1. The zero-order valence-electron chi connectivity index (χ0n) is 12.2. The van der Waals surface area contributed by atoms with Gasteiger partial charge < -0.3 is 4.90 Å². The van der Waals surface area contributed by atoms with Crippen LogP contribution in [-0.2, 0) is 12.8 Å². The summed E-state index contributed by atoms with van der Waals surface area (Å²) in [7, 11) is 2.05. The molecule has 1 aromatic carbocycles. The van der Waals surface area contributed by atoms with Gasteiger partial charge in [0.1, 0.15) is 16.8 Å². The fourth-order valence-electron chi connectivity index (χ4n) is 2.10. The molecule has 0 spiro atoms. The van der Waals surface area contributed by atoms with Crippen LogP contribution >= 0.6 is 11.6 Å². The van der Waals surface area contributed by atoms with Crippen LogP contribution in [0.15, 0.2) is 30.3 Å². The minimum Gasteiger partial charge on any atom is -0.359 e. The van der Waals surface area contributed by atoms with Crippen molar-refractivity contribution in [3.63, 3.8) is 0 Å². The molecule has 0 fully saturated rings. The van der Waals surface area contributed by atoms with Crippen LogP contribution in [0, 0.1) is 6.92 Å². The zero-order valence-corrected chi connectivity index (χ0v) is 13.0. The Morgan fingerprint density at radius 3 is 2.50 bits per heavy atom. The van der Waals surface area contributed by atoms with E-state index in [4.69, 9.17) is 11.6 Å². The highest BCUT2D eigenvalue weighted by molar-refractivity contribution is 6.30. The van der Waals surface area contributed by atoms with E-state index in [-0.39, 0.29) is 0 Å². The van der Waals surface area contributed by atoms with E-state index in [0.717, 1.165) is 36.6 Å². The van der Waals surface area contributed by atoms with Crippen molar-refractivity contribution in [2.45, 2.75) is 26.7 Å². The second-order valence-electron chi connectivity index (χ2n) is 4.89. The molecular weight excluding hydrogens is 270 g/mol. The van der Waals surface area contributed by atoms with Crippen LogP contribution in [0.1, 0.15) is 23.9 Å². The molecule has 2 aromatic rings. The Balaban J connectivity index is 2.12. The maximum absolute atomic E-state index is 6.18. The number of hydrogen-bond donors (Lipinski definition) is 0. The number of aryl methyl sites for hydroxylation is 1. The number of nitrogens with zero attached hydrogens (tertiary/aromatic N) is 3. The fourth-order valence-corrected chi connectivity index (χ4v) is 2.28. The average molecular weight is 290 g/mol. The molecule has 2 rings (SSSR count). The summed E-state index contributed by atoms with van der Waals surface area (Å²) in [6.45, 7) is 4.91. The summed E-state index contributed by atoms with van der Waals surface area (Å²) >= 11 is 6.18. The summed E-state index contributed by atoms with van der Waals surface area (Å²) in [6, 6.07) is 10.5. The lowest BCUT2D eigenvalue weighted by atomic mass is 10.1. The van der Waals surface area contributed by atoms with Crippen molar-refractivity contribution in [3.8, 4) is 0 Å². The molecule has 0 saturated heterocycles. The first-order valence-corrected chi connectivity index (χ1v) is 7.27. The summed E-state index contributed by atoms with van der Waals surface area (Å²) in [5.41, 5.74) is 2.27.